The van der Waals surface area contributed by atoms with E-state index in [2.05, 4.69) is 28.7 Å². The van der Waals surface area contributed by atoms with Crippen molar-refractivity contribution in [1.82, 2.24) is 9.55 Å². The van der Waals surface area contributed by atoms with Crippen molar-refractivity contribution in [1.29, 1.82) is 0 Å². The minimum absolute atomic E-state index is 0.000526. The lowest BCUT2D eigenvalue weighted by Crippen LogP contribution is -2.10. The van der Waals surface area contributed by atoms with Crippen LogP contribution in [0.2, 0.25) is 5.02 Å². The van der Waals surface area contributed by atoms with E-state index in [0.29, 0.717) is 28.9 Å². The molecule has 2 rings (SSSR count). The van der Waals surface area contributed by atoms with Gasteiger partial charge in [-0.1, -0.05) is 17.7 Å². The third-order valence-corrected chi connectivity index (χ3v) is 4.39. The molecule has 1 aromatic carbocycles. The van der Waals surface area contributed by atoms with Gasteiger partial charge in [0.1, 0.15) is 5.82 Å². The molecule has 1 heterocycles. The summed E-state index contributed by atoms with van der Waals surface area (Å²) in [5.41, 5.74) is 1.42. The number of benzene rings is 1. The van der Waals surface area contributed by atoms with Crippen molar-refractivity contribution in [2.75, 3.05) is 11.6 Å². The molecule has 0 saturated heterocycles. The van der Waals surface area contributed by atoms with E-state index in [-0.39, 0.29) is 5.75 Å². The lowest BCUT2D eigenvalue weighted by Gasteiger charge is -2.14. The Hall–Kier alpha value is -1.53. The smallest absolute Gasteiger partial charge is 0.151 e. The predicted octanol–water partition coefficient (Wildman–Crippen LogP) is 3.27. The van der Waals surface area contributed by atoms with Gasteiger partial charge in [-0.2, -0.15) is 0 Å². The zero-order chi connectivity index (χ0) is 16.3. The Morgan fingerprint density at radius 1 is 1.36 bits per heavy atom. The number of imidazole rings is 1. The maximum atomic E-state index is 11.4. The summed E-state index contributed by atoms with van der Waals surface area (Å²) in [5, 5.41) is 3.78. The largest absolute Gasteiger partial charge is 0.377 e. The second-order valence-corrected chi connectivity index (χ2v) is 8.13. The Balaban J connectivity index is 2.15. The van der Waals surface area contributed by atoms with Gasteiger partial charge in [0.25, 0.3) is 0 Å². The first-order chi connectivity index (χ1) is 10.3. The standard InChI is InChI=1S/C15H20ClN3O2S/c1-11(2)19-7-6-17-15(19)9-18-14-8-12(4-5-13(14)16)10-22(3,20)21/h4-8,11,18H,9-10H2,1-3H3. The van der Waals surface area contributed by atoms with E-state index in [9.17, 15) is 8.42 Å². The Kier molecular flexibility index (Phi) is 5.13. The van der Waals surface area contributed by atoms with Gasteiger partial charge in [0, 0.05) is 24.7 Å². The summed E-state index contributed by atoms with van der Waals surface area (Å²) in [6.07, 6.45) is 4.91. The van der Waals surface area contributed by atoms with Gasteiger partial charge in [0.05, 0.1) is 23.0 Å². The molecule has 0 bridgehead atoms. The molecule has 0 saturated carbocycles. The topological polar surface area (TPSA) is 64.0 Å². The normalized spacial score (nSPS) is 11.9. The van der Waals surface area contributed by atoms with Crippen molar-refractivity contribution in [2.45, 2.75) is 32.2 Å². The number of anilines is 1. The first kappa shape index (κ1) is 16.8. The Labute approximate surface area is 136 Å². The summed E-state index contributed by atoms with van der Waals surface area (Å²) in [6.45, 7) is 4.70. The van der Waals surface area contributed by atoms with Gasteiger partial charge < -0.3 is 9.88 Å². The van der Waals surface area contributed by atoms with Crippen LogP contribution in [-0.4, -0.2) is 24.2 Å². The Morgan fingerprint density at radius 2 is 2.09 bits per heavy atom. The van der Waals surface area contributed by atoms with Crippen molar-refractivity contribution in [3.8, 4) is 0 Å². The highest BCUT2D eigenvalue weighted by Crippen LogP contribution is 2.24. The maximum Gasteiger partial charge on any atom is 0.151 e. The second kappa shape index (κ2) is 6.71. The van der Waals surface area contributed by atoms with Gasteiger partial charge in [-0.25, -0.2) is 13.4 Å². The third kappa shape index (κ3) is 4.48. The number of aromatic nitrogens is 2. The number of sulfone groups is 1. The monoisotopic (exact) mass is 341 g/mol. The summed E-state index contributed by atoms with van der Waals surface area (Å²) in [4.78, 5) is 4.33. The van der Waals surface area contributed by atoms with Crippen molar-refractivity contribution in [3.05, 3.63) is 47.0 Å². The molecule has 120 valence electrons. The molecular weight excluding hydrogens is 322 g/mol. The summed E-state index contributed by atoms with van der Waals surface area (Å²) >= 11 is 6.17. The van der Waals surface area contributed by atoms with Crippen LogP contribution in [0.15, 0.2) is 30.6 Å². The lowest BCUT2D eigenvalue weighted by atomic mass is 10.2. The minimum atomic E-state index is -3.07. The van der Waals surface area contributed by atoms with E-state index in [0.717, 1.165) is 5.82 Å². The average Bonchev–Trinajstić information content (AvgIpc) is 2.86. The summed E-state index contributed by atoms with van der Waals surface area (Å²) in [7, 11) is -3.07. The molecule has 5 nitrogen and oxygen atoms in total. The quantitative estimate of drug-likeness (QED) is 0.875. The minimum Gasteiger partial charge on any atom is -0.377 e. The van der Waals surface area contributed by atoms with Crippen LogP contribution in [0.1, 0.15) is 31.3 Å². The van der Waals surface area contributed by atoms with Crippen LogP contribution in [0.5, 0.6) is 0 Å². The van der Waals surface area contributed by atoms with Gasteiger partial charge in [0.2, 0.25) is 0 Å². The summed E-state index contributed by atoms with van der Waals surface area (Å²) in [6, 6.07) is 5.53. The van der Waals surface area contributed by atoms with Gasteiger partial charge in [-0.15, -0.1) is 0 Å². The SMILES string of the molecule is CC(C)n1ccnc1CNc1cc(CS(C)(=O)=O)ccc1Cl. The second-order valence-electron chi connectivity index (χ2n) is 5.58. The first-order valence-electron chi connectivity index (χ1n) is 6.98. The van der Waals surface area contributed by atoms with Crippen LogP contribution in [0.25, 0.3) is 0 Å². The number of halogens is 1. The van der Waals surface area contributed by atoms with E-state index in [1.807, 2.05) is 6.20 Å². The molecule has 2 aromatic rings. The molecule has 7 heteroatoms. The lowest BCUT2D eigenvalue weighted by molar-refractivity contribution is 0.573. The molecule has 0 aliphatic heterocycles. The first-order valence-corrected chi connectivity index (χ1v) is 9.42. The van der Waals surface area contributed by atoms with Crippen LogP contribution < -0.4 is 5.32 Å². The van der Waals surface area contributed by atoms with Crippen LogP contribution in [0.3, 0.4) is 0 Å². The molecule has 22 heavy (non-hydrogen) atoms. The summed E-state index contributed by atoms with van der Waals surface area (Å²) < 4.78 is 24.9. The van der Waals surface area contributed by atoms with Crippen molar-refractivity contribution < 1.29 is 8.42 Å². The molecule has 1 aromatic heterocycles. The van der Waals surface area contributed by atoms with E-state index in [1.165, 1.54) is 6.26 Å². The molecule has 0 atom stereocenters. The molecule has 0 aliphatic rings. The number of hydrogen-bond acceptors (Lipinski definition) is 4. The van der Waals surface area contributed by atoms with Crippen LogP contribution in [-0.2, 0) is 22.1 Å². The summed E-state index contributed by atoms with van der Waals surface area (Å²) in [5.74, 6) is 0.902. The van der Waals surface area contributed by atoms with E-state index < -0.39 is 9.84 Å². The van der Waals surface area contributed by atoms with Crippen LogP contribution in [0.4, 0.5) is 5.69 Å². The van der Waals surface area contributed by atoms with Crippen molar-refractivity contribution in [3.63, 3.8) is 0 Å². The van der Waals surface area contributed by atoms with E-state index in [1.54, 1.807) is 24.4 Å². The number of hydrogen-bond donors (Lipinski definition) is 1. The van der Waals surface area contributed by atoms with Gasteiger partial charge in [-0.3, -0.25) is 0 Å². The van der Waals surface area contributed by atoms with Crippen LogP contribution in [0, 0.1) is 0 Å². The fraction of sp³-hybridized carbons (Fsp3) is 0.400. The van der Waals surface area contributed by atoms with Crippen LogP contribution >= 0.6 is 11.6 Å². The fourth-order valence-electron chi connectivity index (χ4n) is 2.23. The van der Waals surface area contributed by atoms with Crippen molar-refractivity contribution in [2.24, 2.45) is 0 Å². The van der Waals surface area contributed by atoms with Gasteiger partial charge in [0.15, 0.2) is 9.84 Å². The molecular formula is C15H20ClN3O2S. The van der Waals surface area contributed by atoms with E-state index >= 15 is 0 Å². The highest BCUT2D eigenvalue weighted by Gasteiger charge is 2.10. The Morgan fingerprint density at radius 3 is 2.73 bits per heavy atom. The number of rotatable bonds is 6. The average molecular weight is 342 g/mol. The molecule has 1 N–H and O–H groups in total. The highest BCUT2D eigenvalue weighted by molar-refractivity contribution is 7.89. The Bertz CT molecular complexity index is 754. The van der Waals surface area contributed by atoms with Crippen molar-refractivity contribution >= 4 is 27.1 Å². The number of nitrogens with one attached hydrogen (secondary N) is 1. The third-order valence-electron chi connectivity index (χ3n) is 3.20. The van der Waals surface area contributed by atoms with Gasteiger partial charge in [-0.05, 0) is 31.5 Å². The predicted molar refractivity (Wildman–Crippen MR) is 89.9 cm³/mol. The molecule has 0 amide bonds. The molecule has 0 spiro atoms. The fourth-order valence-corrected chi connectivity index (χ4v) is 3.20. The molecule has 0 unspecified atom stereocenters. The zero-order valence-corrected chi connectivity index (χ0v) is 14.4. The number of nitrogens with zero attached hydrogens (tertiary/aromatic N) is 2. The maximum absolute atomic E-state index is 11.4. The molecule has 0 radical (unpaired) electrons. The van der Waals surface area contributed by atoms with Gasteiger partial charge >= 0.3 is 0 Å². The molecule has 0 aliphatic carbocycles. The highest BCUT2D eigenvalue weighted by atomic mass is 35.5. The van der Waals surface area contributed by atoms with E-state index in [4.69, 9.17) is 11.6 Å². The zero-order valence-electron chi connectivity index (χ0n) is 12.9. The molecule has 0 fully saturated rings.